The highest BCUT2D eigenvalue weighted by molar-refractivity contribution is 6.41. The van der Waals surface area contributed by atoms with Crippen LogP contribution in [0.15, 0.2) is 10.8 Å². The second kappa shape index (κ2) is 4.28. The Kier molecular flexibility index (Phi) is 3.31. The van der Waals surface area contributed by atoms with E-state index in [-0.39, 0.29) is 29.8 Å². The fourth-order valence-corrected chi connectivity index (χ4v) is 1.11. The number of hydrogen-bond donors (Lipinski definition) is 0. The van der Waals surface area contributed by atoms with E-state index >= 15 is 0 Å². The molecule has 0 N–H and O–H groups in total. The Balaban J connectivity index is 2.68. The number of ether oxygens (including phenoxy) is 2. The van der Waals surface area contributed by atoms with E-state index in [4.69, 9.17) is 16.3 Å². The highest BCUT2D eigenvalue weighted by Crippen LogP contribution is 2.24. The van der Waals surface area contributed by atoms with Crippen LogP contribution in [0.25, 0.3) is 0 Å². The molecule has 0 saturated carbocycles. The molecule has 0 aliphatic carbocycles. The zero-order valence-electron chi connectivity index (χ0n) is 7.13. The van der Waals surface area contributed by atoms with Crippen molar-refractivity contribution in [2.24, 2.45) is 0 Å². The molecule has 1 fully saturated rings. The molecule has 0 radical (unpaired) electrons. The van der Waals surface area contributed by atoms with Crippen molar-refractivity contribution in [2.45, 2.75) is 19.8 Å². The third-order valence-electron chi connectivity index (χ3n) is 1.49. The van der Waals surface area contributed by atoms with Gasteiger partial charge in [-0.2, -0.15) is 0 Å². The summed E-state index contributed by atoms with van der Waals surface area (Å²) >= 11 is 5.61. The predicted molar refractivity (Wildman–Crippen MR) is 44.8 cm³/mol. The summed E-state index contributed by atoms with van der Waals surface area (Å²) in [7, 11) is 0. The summed E-state index contributed by atoms with van der Waals surface area (Å²) in [5.74, 6) is -0.795. The Labute approximate surface area is 80.5 Å². The highest BCUT2D eigenvalue weighted by atomic mass is 35.5. The molecular weight excluding hydrogens is 196 g/mol. The molecule has 1 heterocycles. The number of rotatable bonds is 2. The van der Waals surface area contributed by atoms with Crippen molar-refractivity contribution in [3.05, 3.63) is 10.8 Å². The second-order valence-corrected chi connectivity index (χ2v) is 2.81. The maximum Gasteiger partial charge on any atom is 0.353 e. The monoisotopic (exact) mass is 204 g/mol. The fourth-order valence-electron chi connectivity index (χ4n) is 0.918. The molecular formula is C8H9ClO4. The maximum absolute atomic E-state index is 11.0. The Bertz CT molecular complexity index is 269. The normalized spacial score (nSPS) is 19.7. The summed E-state index contributed by atoms with van der Waals surface area (Å²) in [4.78, 5) is 21.7. The van der Waals surface area contributed by atoms with E-state index in [1.807, 2.05) is 0 Å². The average molecular weight is 205 g/mol. The number of esters is 2. The van der Waals surface area contributed by atoms with Gasteiger partial charge in [-0.1, -0.05) is 11.6 Å². The van der Waals surface area contributed by atoms with Gasteiger partial charge in [-0.15, -0.1) is 0 Å². The van der Waals surface area contributed by atoms with Crippen molar-refractivity contribution in [1.29, 1.82) is 0 Å². The van der Waals surface area contributed by atoms with Gasteiger partial charge in [-0.05, 0) is 6.92 Å². The van der Waals surface area contributed by atoms with Gasteiger partial charge in [0.05, 0.1) is 13.0 Å². The topological polar surface area (TPSA) is 52.6 Å². The number of hydrogen-bond acceptors (Lipinski definition) is 4. The van der Waals surface area contributed by atoms with E-state index in [0.717, 1.165) is 0 Å². The van der Waals surface area contributed by atoms with Crippen LogP contribution in [0.3, 0.4) is 0 Å². The van der Waals surface area contributed by atoms with Crippen molar-refractivity contribution in [1.82, 2.24) is 0 Å². The molecule has 13 heavy (non-hydrogen) atoms. The first-order valence-corrected chi connectivity index (χ1v) is 4.29. The molecule has 0 unspecified atom stereocenters. The van der Waals surface area contributed by atoms with Crippen LogP contribution in [0.2, 0.25) is 0 Å². The molecule has 0 atom stereocenters. The van der Waals surface area contributed by atoms with Crippen LogP contribution in [-0.4, -0.2) is 18.5 Å². The fraction of sp³-hybridized carbons (Fsp3) is 0.500. The number of carbonyl (C=O) groups is 2. The highest BCUT2D eigenvalue weighted by Gasteiger charge is 2.24. The van der Waals surface area contributed by atoms with Gasteiger partial charge < -0.3 is 9.47 Å². The van der Waals surface area contributed by atoms with Gasteiger partial charge in [-0.25, -0.2) is 4.79 Å². The maximum atomic E-state index is 11.0. The Morgan fingerprint density at radius 3 is 2.77 bits per heavy atom. The minimum absolute atomic E-state index is 0.132. The van der Waals surface area contributed by atoms with Crippen molar-refractivity contribution in [2.75, 3.05) is 6.61 Å². The lowest BCUT2D eigenvalue weighted by Crippen LogP contribution is -2.06. The molecule has 0 spiro atoms. The van der Waals surface area contributed by atoms with E-state index in [1.54, 1.807) is 6.92 Å². The molecule has 0 aromatic carbocycles. The molecule has 1 saturated heterocycles. The summed E-state index contributed by atoms with van der Waals surface area (Å²) in [6, 6.07) is 0. The molecule has 1 rings (SSSR count). The molecule has 5 heteroatoms. The largest absolute Gasteiger partial charge is 0.462 e. The minimum atomic E-state index is -0.645. The molecule has 72 valence electrons. The van der Waals surface area contributed by atoms with Gasteiger partial charge in [0.15, 0.2) is 5.03 Å². The zero-order valence-corrected chi connectivity index (χ0v) is 7.89. The van der Waals surface area contributed by atoms with Crippen LogP contribution in [0.4, 0.5) is 0 Å². The van der Waals surface area contributed by atoms with Gasteiger partial charge in [0.1, 0.15) is 5.76 Å². The van der Waals surface area contributed by atoms with Crippen LogP contribution >= 0.6 is 11.6 Å². The van der Waals surface area contributed by atoms with Crippen LogP contribution < -0.4 is 0 Å². The molecule has 0 bridgehead atoms. The smallest absolute Gasteiger partial charge is 0.353 e. The van der Waals surface area contributed by atoms with Gasteiger partial charge in [-0.3, -0.25) is 4.79 Å². The predicted octanol–water partition coefficient (Wildman–Crippen LogP) is 1.34. The first-order valence-electron chi connectivity index (χ1n) is 3.91. The lowest BCUT2D eigenvalue weighted by Gasteiger charge is -2.01. The van der Waals surface area contributed by atoms with Crippen LogP contribution in [-0.2, 0) is 19.1 Å². The Morgan fingerprint density at radius 2 is 2.31 bits per heavy atom. The van der Waals surface area contributed by atoms with Crippen LogP contribution in [0, 0.1) is 0 Å². The summed E-state index contributed by atoms with van der Waals surface area (Å²) in [5.41, 5.74) is 0. The van der Waals surface area contributed by atoms with Crippen LogP contribution in [0.1, 0.15) is 19.8 Å². The van der Waals surface area contributed by atoms with Crippen molar-refractivity contribution in [3.8, 4) is 0 Å². The van der Waals surface area contributed by atoms with E-state index in [1.165, 1.54) is 0 Å². The van der Waals surface area contributed by atoms with Crippen LogP contribution in [0.5, 0.6) is 0 Å². The van der Waals surface area contributed by atoms with E-state index in [2.05, 4.69) is 4.74 Å². The minimum Gasteiger partial charge on any atom is -0.462 e. The summed E-state index contributed by atoms with van der Waals surface area (Å²) in [6.07, 6.45) is 0.640. The molecule has 4 nitrogen and oxygen atoms in total. The van der Waals surface area contributed by atoms with Crippen molar-refractivity contribution in [3.63, 3.8) is 0 Å². The molecule has 1 aliphatic heterocycles. The third-order valence-corrected chi connectivity index (χ3v) is 1.86. The number of allylic oxidation sites excluding steroid dienone is 1. The van der Waals surface area contributed by atoms with Gasteiger partial charge in [0, 0.05) is 6.42 Å². The Hall–Kier alpha value is -1.03. The average Bonchev–Trinajstić information content (AvgIpc) is 2.51. The van der Waals surface area contributed by atoms with Crippen molar-refractivity contribution < 1.29 is 19.1 Å². The van der Waals surface area contributed by atoms with Gasteiger partial charge in [0.25, 0.3) is 0 Å². The first kappa shape index (κ1) is 10.1. The van der Waals surface area contributed by atoms with Crippen molar-refractivity contribution >= 4 is 23.5 Å². The zero-order chi connectivity index (χ0) is 9.84. The molecule has 0 aromatic heterocycles. The SMILES string of the molecule is CCOC(=O)/C(Cl)=C1\CCC(=O)O1. The first-order chi connectivity index (χ1) is 6.15. The lowest BCUT2D eigenvalue weighted by molar-refractivity contribution is -0.138. The summed E-state index contributed by atoms with van der Waals surface area (Å²) in [5, 5.41) is -0.132. The molecule has 1 aliphatic rings. The van der Waals surface area contributed by atoms with Gasteiger partial charge >= 0.3 is 11.9 Å². The standard InChI is InChI=1S/C8H9ClO4/c1-2-12-8(11)7(9)5-3-4-6(10)13-5/h2-4H2,1H3/b7-5-. The van der Waals surface area contributed by atoms with E-state index in [9.17, 15) is 9.59 Å². The quantitative estimate of drug-likeness (QED) is 0.503. The molecule has 0 aromatic rings. The second-order valence-electron chi connectivity index (χ2n) is 2.43. The van der Waals surface area contributed by atoms with Gasteiger partial charge in [0.2, 0.25) is 0 Å². The number of halogens is 1. The number of cyclic esters (lactones) is 1. The lowest BCUT2D eigenvalue weighted by atomic mass is 10.3. The summed E-state index contributed by atoms with van der Waals surface area (Å²) < 4.78 is 9.33. The summed E-state index contributed by atoms with van der Waals surface area (Å²) in [6.45, 7) is 1.92. The van der Waals surface area contributed by atoms with E-state index < -0.39 is 5.97 Å². The number of carbonyl (C=O) groups excluding carboxylic acids is 2. The third kappa shape index (κ3) is 2.45. The molecule has 0 amide bonds. The Morgan fingerprint density at radius 1 is 1.62 bits per heavy atom. The van der Waals surface area contributed by atoms with E-state index in [0.29, 0.717) is 6.42 Å².